The van der Waals surface area contributed by atoms with Crippen LogP contribution in [-0.2, 0) is 4.74 Å². The topological polar surface area (TPSA) is 72.0 Å². The maximum Gasteiger partial charge on any atom is 0.244 e. The Kier molecular flexibility index (Phi) is 5.25. The van der Waals surface area contributed by atoms with Crippen molar-refractivity contribution in [2.75, 3.05) is 30.9 Å². The minimum absolute atomic E-state index is 0.512. The van der Waals surface area contributed by atoms with Gasteiger partial charge in [-0.1, -0.05) is 17.7 Å². The molecule has 2 rings (SSSR count). The Morgan fingerprint density at radius 1 is 1.20 bits per heavy atom. The predicted octanol–water partition coefficient (Wildman–Crippen LogP) is 2.37. The third-order valence-corrected chi connectivity index (χ3v) is 2.69. The Bertz CT molecular complexity index is 529. The Balaban J connectivity index is 1.93. The standard InChI is InChI=1S/C14H19N5O/c1-11-4-6-12(7-5-11)17-13-10-16-19-14(18-13)15-8-3-9-20-2/h4-7,10H,3,8-9H2,1-2H3,(H2,15,17,18,19). The summed E-state index contributed by atoms with van der Waals surface area (Å²) in [4.78, 5) is 4.35. The molecule has 0 unspecified atom stereocenters. The molecule has 2 aromatic rings. The van der Waals surface area contributed by atoms with Crippen LogP contribution in [0.15, 0.2) is 30.5 Å². The number of benzene rings is 1. The first-order valence-corrected chi connectivity index (χ1v) is 6.54. The average Bonchev–Trinajstić information content (AvgIpc) is 2.47. The van der Waals surface area contributed by atoms with Crippen LogP contribution in [-0.4, -0.2) is 35.4 Å². The van der Waals surface area contributed by atoms with Gasteiger partial charge in [-0.3, -0.25) is 0 Å². The molecule has 0 saturated carbocycles. The summed E-state index contributed by atoms with van der Waals surface area (Å²) < 4.78 is 4.98. The van der Waals surface area contributed by atoms with E-state index in [9.17, 15) is 0 Å². The molecule has 0 aliphatic rings. The fraction of sp³-hybridized carbons (Fsp3) is 0.357. The Hall–Kier alpha value is -2.21. The van der Waals surface area contributed by atoms with Gasteiger partial charge in [0.05, 0.1) is 6.20 Å². The van der Waals surface area contributed by atoms with E-state index in [2.05, 4.69) is 32.7 Å². The van der Waals surface area contributed by atoms with Crippen molar-refractivity contribution >= 4 is 17.5 Å². The lowest BCUT2D eigenvalue weighted by Gasteiger charge is -2.07. The Morgan fingerprint density at radius 2 is 2.00 bits per heavy atom. The number of hydrogen-bond donors (Lipinski definition) is 2. The van der Waals surface area contributed by atoms with E-state index < -0.39 is 0 Å². The van der Waals surface area contributed by atoms with Crippen molar-refractivity contribution < 1.29 is 4.74 Å². The molecule has 1 aromatic heterocycles. The van der Waals surface area contributed by atoms with Gasteiger partial charge >= 0.3 is 0 Å². The summed E-state index contributed by atoms with van der Waals surface area (Å²) >= 11 is 0. The lowest BCUT2D eigenvalue weighted by molar-refractivity contribution is 0.197. The van der Waals surface area contributed by atoms with Gasteiger partial charge in [0.25, 0.3) is 0 Å². The summed E-state index contributed by atoms with van der Waals surface area (Å²) in [5.41, 5.74) is 2.19. The maximum absolute atomic E-state index is 4.98. The molecule has 6 nitrogen and oxygen atoms in total. The second-order valence-electron chi connectivity index (χ2n) is 4.43. The van der Waals surface area contributed by atoms with E-state index in [1.165, 1.54) is 5.56 Å². The van der Waals surface area contributed by atoms with E-state index in [-0.39, 0.29) is 0 Å². The molecule has 0 amide bonds. The van der Waals surface area contributed by atoms with Crippen molar-refractivity contribution in [2.45, 2.75) is 13.3 Å². The Labute approximate surface area is 118 Å². The van der Waals surface area contributed by atoms with Crippen molar-refractivity contribution in [3.63, 3.8) is 0 Å². The number of aromatic nitrogens is 3. The second-order valence-corrected chi connectivity index (χ2v) is 4.43. The van der Waals surface area contributed by atoms with Crippen LogP contribution < -0.4 is 10.6 Å². The average molecular weight is 273 g/mol. The molecule has 0 saturated heterocycles. The first-order valence-electron chi connectivity index (χ1n) is 6.54. The van der Waals surface area contributed by atoms with Crippen molar-refractivity contribution in [3.8, 4) is 0 Å². The van der Waals surface area contributed by atoms with E-state index in [1.807, 2.05) is 24.3 Å². The summed E-state index contributed by atoms with van der Waals surface area (Å²) in [6.07, 6.45) is 2.50. The molecular weight excluding hydrogens is 254 g/mol. The third kappa shape index (κ3) is 4.47. The van der Waals surface area contributed by atoms with Crippen LogP contribution in [0.5, 0.6) is 0 Å². The molecule has 0 atom stereocenters. The molecule has 106 valence electrons. The molecule has 0 spiro atoms. The van der Waals surface area contributed by atoms with E-state index in [0.717, 1.165) is 18.7 Å². The number of aryl methyl sites for hydroxylation is 1. The van der Waals surface area contributed by atoms with Gasteiger partial charge in [0.1, 0.15) is 0 Å². The number of ether oxygens (including phenoxy) is 1. The molecule has 0 bridgehead atoms. The van der Waals surface area contributed by atoms with Gasteiger partial charge in [0.2, 0.25) is 5.95 Å². The molecule has 0 aliphatic heterocycles. The number of hydrogen-bond acceptors (Lipinski definition) is 6. The number of anilines is 3. The quantitative estimate of drug-likeness (QED) is 0.755. The van der Waals surface area contributed by atoms with Crippen LogP contribution in [0, 0.1) is 6.92 Å². The van der Waals surface area contributed by atoms with E-state index >= 15 is 0 Å². The fourth-order valence-corrected chi connectivity index (χ4v) is 1.64. The largest absolute Gasteiger partial charge is 0.385 e. The van der Waals surface area contributed by atoms with Crippen LogP contribution >= 0.6 is 0 Å². The molecule has 0 aliphatic carbocycles. The SMILES string of the molecule is COCCCNc1nncc(Nc2ccc(C)cc2)n1. The summed E-state index contributed by atoms with van der Waals surface area (Å²) in [5.74, 6) is 1.18. The van der Waals surface area contributed by atoms with Gasteiger partial charge in [-0.25, -0.2) is 0 Å². The minimum Gasteiger partial charge on any atom is -0.385 e. The monoisotopic (exact) mass is 273 g/mol. The molecule has 20 heavy (non-hydrogen) atoms. The van der Waals surface area contributed by atoms with Gasteiger partial charge in [-0.2, -0.15) is 10.1 Å². The second kappa shape index (κ2) is 7.40. The molecule has 6 heteroatoms. The van der Waals surface area contributed by atoms with Crippen LogP contribution in [0.2, 0.25) is 0 Å². The predicted molar refractivity (Wildman–Crippen MR) is 79.3 cm³/mol. The minimum atomic E-state index is 0.512. The number of methoxy groups -OCH3 is 1. The Morgan fingerprint density at radius 3 is 2.75 bits per heavy atom. The molecule has 0 radical (unpaired) electrons. The highest BCUT2D eigenvalue weighted by atomic mass is 16.5. The highest BCUT2D eigenvalue weighted by Gasteiger charge is 2.00. The molecule has 1 aromatic carbocycles. The first-order chi connectivity index (χ1) is 9.78. The zero-order valence-corrected chi connectivity index (χ0v) is 11.8. The van der Waals surface area contributed by atoms with Crippen molar-refractivity contribution in [3.05, 3.63) is 36.0 Å². The summed E-state index contributed by atoms with van der Waals surface area (Å²) in [5, 5.41) is 14.2. The summed E-state index contributed by atoms with van der Waals surface area (Å²) in [6, 6.07) is 8.09. The van der Waals surface area contributed by atoms with Gasteiger partial charge < -0.3 is 15.4 Å². The van der Waals surface area contributed by atoms with Crippen molar-refractivity contribution in [2.24, 2.45) is 0 Å². The highest BCUT2D eigenvalue weighted by Crippen LogP contribution is 2.14. The van der Waals surface area contributed by atoms with Gasteiger partial charge in [-0.05, 0) is 25.5 Å². The number of nitrogens with one attached hydrogen (secondary N) is 2. The zero-order chi connectivity index (χ0) is 14.2. The fourth-order valence-electron chi connectivity index (χ4n) is 1.64. The lowest BCUT2D eigenvalue weighted by atomic mass is 10.2. The number of nitrogens with zero attached hydrogens (tertiary/aromatic N) is 3. The van der Waals surface area contributed by atoms with Crippen LogP contribution in [0.1, 0.15) is 12.0 Å². The van der Waals surface area contributed by atoms with E-state index in [4.69, 9.17) is 4.74 Å². The molecule has 2 N–H and O–H groups in total. The third-order valence-electron chi connectivity index (χ3n) is 2.69. The molecular formula is C14H19N5O. The van der Waals surface area contributed by atoms with Gasteiger partial charge in [-0.15, -0.1) is 5.10 Å². The maximum atomic E-state index is 4.98. The highest BCUT2D eigenvalue weighted by molar-refractivity contribution is 5.56. The smallest absolute Gasteiger partial charge is 0.244 e. The molecule has 1 heterocycles. The zero-order valence-electron chi connectivity index (χ0n) is 11.8. The summed E-state index contributed by atoms with van der Waals surface area (Å²) in [7, 11) is 1.68. The van der Waals surface area contributed by atoms with Gasteiger partial charge in [0.15, 0.2) is 5.82 Å². The number of rotatable bonds is 7. The van der Waals surface area contributed by atoms with Crippen LogP contribution in [0.4, 0.5) is 17.5 Å². The van der Waals surface area contributed by atoms with Gasteiger partial charge in [0, 0.05) is 25.9 Å². The normalized spacial score (nSPS) is 10.3. The first kappa shape index (κ1) is 14.2. The van der Waals surface area contributed by atoms with E-state index in [0.29, 0.717) is 18.4 Å². The molecule has 0 fully saturated rings. The van der Waals surface area contributed by atoms with Crippen LogP contribution in [0.3, 0.4) is 0 Å². The lowest BCUT2D eigenvalue weighted by Crippen LogP contribution is -2.09. The summed E-state index contributed by atoms with van der Waals surface area (Å²) in [6.45, 7) is 3.52. The van der Waals surface area contributed by atoms with Crippen molar-refractivity contribution in [1.29, 1.82) is 0 Å². The van der Waals surface area contributed by atoms with Crippen molar-refractivity contribution in [1.82, 2.24) is 15.2 Å². The van der Waals surface area contributed by atoms with E-state index in [1.54, 1.807) is 13.3 Å². The van der Waals surface area contributed by atoms with Crippen LogP contribution in [0.25, 0.3) is 0 Å².